The van der Waals surface area contributed by atoms with Gasteiger partial charge in [0.2, 0.25) is 11.8 Å². The van der Waals surface area contributed by atoms with E-state index in [0.29, 0.717) is 6.54 Å². The summed E-state index contributed by atoms with van der Waals surface area (Å²) in [5.41, 5.74) is 1.69. The Morgan fingerprint density at radius 1 is 1.29 bits per heavy atom. The Labute approximate surface area is 125 Å². The highest BCUT2D eigenvalue weighted by Crippen LogP contribution is 2.27. The minimum absolute atomic E-state index is 0.0403. The molecule has 1 aromatic carbocycles. The monoisotopic (exact) mass is 286 g/mol. The van der Waals surface area contributed by atoms with E-state index in [0.717, 1.165) is 11.1 Å². The van der Waals surface area contributed by atoms with Crippen LogP contribution < -0.4 is 5.32 Å². The van der Waals surface area contributed by atoms with E-state index in [9.17, 15) is 9.59 Å². The Hall–Kier alpha value is -2.10. The number of nitrogens with zero attached hydrogens (tertiary/aromatic N) is 1. The Morgan fingerprint density at radius 3 is 2.43 bits per heavy atom. The second kappa shape index (κ2) is 6.12. The van der Waals surface area contributed by atoms with E-state index in [2.05, 4.69) is 11.9 Å². The number of carbonyl (C=O) groups excluding carboxylic acids is 2. The van der Waals surface area contributed by atoms with Gasteiger partial charge in [0, 0.05) is 6.54 Å². The molecule has 2 unspecified atom stereocenters. The molecule has 0 aromatic heterocycles. The smallest absolute Gasteiger partial charge is 0.248 e. The van der Waals surface area contributed by atoms with E-state index in [1.807, 2.05) is 51.1 Å². The van der Waals surface area contributed by atoms with Crippen LogP contribution in [0.1, 0.15) is 32.4 Å². The molecule has 0 radical (unpaired) electrons. The van der Waals surface area contributed by atoms with Crippen LogP contribution in [0, 0.1) is 5.92 Å². The van der Waals surface area contributed by atoms with Gasteiger partial charge in [-0.25, -0.2) is 0 Å². The lowest BCUT2D eigenvalue weighted by Crippen LogP contribution is -2.61. The first-order chi connectivity index (χ1) is 9.91. The van der Waals surface area contributed by atoms with Crippen molar-refractivity contribution in [2.45, 2.75) is 32.9 Å². The van der Waals surface area contributed by atoms with E-state index in [1.54, 1.807) is 4.90 Å². The number of benzene rings is 1. The average molecular weight is 286 g/mol. The highest BCUT2D eigenvalue weighted by molar-refractivity contribution is 5.97. The number of carbonyl (C=O) groups is 2. The summed E-state index contributed by atoms with van der Waals surface area (Å²) in [6, 6.07) is 8.35. The molecule has 1 fully saturated rings. The summed E-state index contributed by atoms with van der Waals surface area (Å²) in [6.07, 6.45) is 0. The molecule has 1 heterocycles. The van der Waals surface area contributed by atoms with Crippen molar-refractivity contribution in [3.63, 3.8) is 0 Å². The number of amides is 2. The van der Waals surface area contributed by atoms with E-state index in [1.165, 1.54) is 0 Å². The van der Waals surface area contributed by atoms with Crippen molar-refractivity contribution < 1.29 is 9.59 Å². The molecule has 2 rings (SSSR count). The van der Waals surface area contributed by atoms with Crippen molar-refractivity contribution in [2.24, 2.45) is 5.92 Å². The van der Waals surface area contributed by atoms with Gasteiger partial charge in [0.25, 0.3) is 0 Å². The van der Waals surface area contributed by atoms with Gasteiger partial charge in [-0.05, 0) is 18.4 Å². The Morgan fingerprint density at radius 2 is 1.90 bits per heavy atom. The standard InChI is InChI=1S/C17H22N2O2/c1-11(2)10-19-15(13-8-6-5-7-9-13)16(20)18-14(12(3)4)17(19)21/h5-9,12,14-15H,1,10H2,2-4H3,(H,18,20). The highest BCUT2D eigenvalue weighted by atomic mass is 16.2. The van der Waals surface area contributed by atoms with Crippen LogP contribution in [0.3, 0.4) is 0 Å². The third kappa shape index (κ3) is 3.15. The molecule has 2 amide bonds. The Kier molecular flexibility index (Phi) is 4.46. The molecule has 1 aromatic rings. The maximum atomic E-state index is 12.7. The highest BCUT2D eigenvalue weighted by Gasteiger charge is 2.42. The molecule has 1 aliphatic heterocycles. The van der Waals surface area contributed by atoms with Crippen LogP contribution in [0.5, 0.6) is 0 Å². The maximum absolute atomic E-state index is 12.7. The Balaban J connectivity index is 2.40. The van der Waals surface area contributed by atoms with E-state index >= 15 is 0 Å². The number of piperazine rings is 1. The summed E-state index contributed by atoms with van der Waals surface area (Å²) in [5, 5.41) is 2.86. The van der Waals surface area contributed by atoms with Gasteiger partial charge >= 0.3 is 0 Å². The molecule has 21 heavy (non-hydrogen) atoms. The van der Waals surface area contributed by atoms with Crippen molar-refractivity contribution in [1.29, 1.82) is 0 Å². The summed E-state index contributed by atoms with van der Waals surface area (Å²) < 4.78 is 0. The fourth-order valence-corrected chi connectivity index (χ4v) is 2.62. The quantitative estimate of drug-likeness (QED) is 0.863. The van der Waals surface area contributed by atoms with Gasteiger partial charge in [-0.1, -0.05) is 56.3 Å². The number of nitrogens with one attached hydrogen (secondary N) is 1. The van der Waals surface area contributed by atoms with Crippen molar-refractivity contribution in [3.8, 4) is 0 Å². The van der Waals surface area contributed by atoms with Gasteiger partial charge in [0.1, 0.15) is 12.1 Å². The van der Waals surface area contributed by atoms with Crippen molar-refractivity contribution in [3.05, 3.63) is 48.0 Å². The van der Waals surface area contributed by atoms with E-state index in [4.69, 9.17) is 0 Å². The van der Waals surface area contributed by atoms with Crippen LogP contribution >= 0.6 is 0 Å². The second-order valence-electron chi connectivity index (χ2n) is 5.97. The molecule has 1 N–H and O–H groups in total. The molecule has 1 saturated heterocycles. The van der Waals surface area contributed by atoms with E-state index in [-0.39, 0.29) is 17.7 Å². The number of rotatable bonds is 4. The van der Waals surface area contributed by atoms with Crippen molar-refractivity contribution >= 4 is 11.8 Å². The largest absolute Gasteiger partial charge is 0.342 e. The Bertz CT molecular complexity index is 551. The molecular formula is C17H22N2O2. The first-order valence-corrected chi connectivity index (χ1v) is 7.22. The zero-order valence-corrected chi connectivity index (χ0v) is 12.8. The molecule has 4 nitrogen and oxygen atoms in total. The number of hydrogen-bond donors (Lipinski definition) is 1. The number of hydrogen-bond acceptors (Lipinski definition) is 2. The van der Waals surface area contributed by atoms with Crippen LogP contribution in [0.15, 0.2) is 42.5 Å². The van der Waals surface area contributed by atoms with Gasteiger partial charge in [0.15, 0.2) is 0 Å². The van der Waals surface area contributed by atoms with Crippen molar-refractivity contribution in [1.82, 2.24) is 10.2 Å². The minimum atomic E-state index is -0.578. The second-order valence-corrected chi connectivity index (χ2v) is 5.97. The van der Waals surface area contributed by atoms with Crippen LogP contribution in [-0.4, -0.2) is 29.3 Å². The van der Waals surface area contributed by atoms with Gasteiger partial charge < -0.3 is 10.2 Å². The molecule has 0 bridgehead atoms. The van der Waals surface area contributed by atoms with Crippen molar-refractivity contribution in [2.75, 3.05) is 6.54 Å². The average Bonchev–Trinajstić information content (AvgIpc) is 2.43. The maximum Gasteiger partial charge on any atom is 0.248 e. The molecular weight excluding hydrogens is 264 g/mol. The SMILES string of the molecule is C=C(C)CN1C(=O)C(C(C)C)NC(=O)C1c1ccccc1. The molecule has 112 valence electrons. The summed E-state index contributed by atoms with van der Waals surface area (Å²) in [5.74, 6) is -0.104. The van der Waals surface area contributed by atoms with Crippen LogP contribution in [0.25, 0.3) is 0 Å². The topological polar surface area (TPSA) is 49.4 Å². The molecule has 1 aliphatic rings. The van der Waals surface area contributed by atoms with Gasteiger partial charge in [-0.2, -0.15) is 0 Å². The first-order valence-electron chi connectivity index (χ1n) is 7.22. The van der Waals surface area contributed by atoms with Crippen LogP contribution in [0.2, 0.25) is 0 Å². The lowest BCUT2D eigenvalue weighted by atomic mass is 9.94. The summed E-state index contributed by atoms with van der Waals surface area (Å²) in [6.45, 7) is 10.0. The van der Waals surface area contributed by atoms with Crippen LogP contribution in [-0.2, 0) is 9.59 Å². The third-order valence-electron chi connectivity index (χ3n) is 3.63. The lowest BCUT2D eigenvalue weighted by Gasteiger charge is -2.40. The molecule has 0 spiro atoms. The van der Waals surface area contributed by atoms with Gasteiger partial charge in [-0.15, -0.1) is 0 Å². The molecule has 0 aliphatic carbocycles. The summed E-state index contributed by atoms with van der Waals surface area (Å²) in [7, 11) is 0. The lowest BCUT2D eigenvalue weighted by molar-refractivity contribution is -0.150. The predicted octanol–water partition coefficient (Wildman–Crippen LogP) is 2.29. The minimum Gasteiger partial charge on any atom is -0.342 e. The zero-order chi connectivity index (χ0) is 15.6. The first kappa shape index (κ1) is 15.3. The molecule has 2 atom stereocenters. The fraction of sp³-hybridized carbons (Fsp3) is 0.412. The summed E-state index contributed by atoms with van der Waals surface area (Å²) in [4.78, 5) is 26.9. The van der Waals surface area contributed by atoms with Gasteiger partial charge in [0.05, 0.1) is 0 Å². The predicted molar refractivity (Wildman–Crippen MR) is 82.5 cm³/mol. The fourth-order valence-electron chi connectivity index (χ4n) is 2.62. The normalized spacial score (nSPS) is 22.4. The molecule has 0 saturated carbocycles. The summed E-state index contributed by atoms with van der Waals surface area (Å²) >= 11 is 0. The molecule has 4 heteroatoms. The van der Waals surface area contributed by atoms with E-state index < -0.39 is 12.1 Å². The van der Waals surface area contributed by atoms with Gasteiger partial charge in [-0.3, -0.25) is 9.59 Å². The van der Waals surface area contributed by atoms with Crippen LogP contribution in [0.4, 0.5) is 0 Å². The zero-order valence-electron chi connectivity index (χ0n) is 12.8. The third-order valence-corrected chi connectivity index (χ3v) is 3.63.